The first-order chi connectivity index (χ1) is 41.5. The number of carbonyl (C=O) groups excluding carboxylic acids is 1. The Hall–Kier alpha value is -1.28. The van der Waals surface area contributed by atoms with Crippen LogP contribution in [0.15, 0.2) is 36.5 Å². The fourth-order valence-electron chi connectivity index (χ4n) is 11.7. The van der Waals surface area contributed by atoms with Crippen LogP contribution >= 0.6 is 7.82 Å². The van der Waals surface area contributed by atoms with Crippen molar-refractivity contribution in [2.24, 2.45) is 0 Å². The lowest BCUT2D eigenvalue weighted by molar-refractivity contribution is -0.870. The van der Waals surface area contributed by atoms with E-state index in [0.29, 0.717) is 17.4 Å². The monoisotopic (exact) mass is 1220 g/mol. The first-order valence-electron chi connectivity index (χ1n) is 37.9. The molecule has 0 fully saturated rings. The van der Waals surface area contributed by atoms with Gasteiger partial charge in [0.25, 0.3) is 0 Å². The average Bonchev–Trinajstić information content (AvgIpc) is 3.49. The number of allylic oxidation sites excluding steroid dienone is 5. The molecular formula is C76H150N2O6P+. The molecule has 85 heavy (non-hydrogen) atoms. The van der Waals surface area contributed by atoms with Gasteiger partial charge in [-0.15, -0.1) is 0 Å². The molecule has 3 N–H and O–H groups in total. The third-order valence-corrected chi connectivity index (χ3v) is 18.6. The van der Waals surface area contributed by atoms with Crippen molar-refractivity contribution in [3.8, 4) is 0 Å². The van der Waals surface area contributed by atoms with Crippen LogP contribution in [-0.4, -0.2) is 73.4 Å². The van der Waals surface area contributed by atoms with Crippen LogP contribution < -0.4 is 5.32 Å². The summed E-state index contributed by atoms with van der Waals surface area (Å²) in [7, 11) is 1.56. The topological polar surface area (TPSA) is 105 Å². The lowest BCUT2D eigenvalue weighted by Gasteiger charge is -2.25. The van der Waals surface area contributed by atoms with Crippen molar-refractivity contribution in [2.75, 3.05) is 40.9 Å². The van der Waals surface area contributed by atoms with Gasteiger partial charge < -0.3 is 19.8 Å². The van der Waals surface area contributed by atoms with Gasteiger partial charge in [-0.1, -0.05) is 378 Å². The Labute approximate surface area is 531 Å². The fourth-order valence-corrected chi connectivity index (χ4v) is 12.5. The molecule has 0 rings (SSSR count). The molecule has 0 spiro atoms. The second-order valence-electron chi connectivity index (χ2n) is 27.4. The zero-order valence-electron chi connectivity index (χ0n) is 57.9. The summed E-state index contributed by atoms with van der Waals surface area (Å²) in [4.78, 5) is 23.4. The van der Waals surface area contributed by atoms with E-state index in [1.807, 2.05) is 27.2 Å². The number of nitrogens with one attached hydrogen (secondary N) is 1. The van der Waals surface area contributed by atoms with E-state index in [2.05, 4.69) is 43.5 Å². The second-order valence-corrected chi connectivity index (χ2v) is 28.8. The van der Waals surface area contributed by atoms with Crippen LogP contribution in [0.5, 0.6) is 0 Å². The van der Waals surface area contributed by atoms with Crippen LogP contribution in [0.1, 0.15) is 393 Å². The number of nitrogens with zero attached hydrogens (tertiary/aromatic N) is 1. The van der Waals surface area contributed by atoms with E-state index >= 15 is 0 Å². The van der Waals surface area contributed by atoms with Gasteiger partial charge >= 0.3 is 7.82 Å². The molecule has 0 bridgehead atoms. The maximum absolute atomic E-state index is 13.1. The van der Waals surface area contributed by atoms with Crippen LogP contribution in [0.3, 0.4) is 0 Å². The van der Waals surface area contributed by atoms with Crippen molar-refractivity contribution < 1.29 is 32.9 Å². The predicted molar refractivity (Wildman–Crippen MR) is 374 cm³/mol. The van der Waals surface area contributed by atoms with E-state index in [1.54, 1.807) is 6.08 Å². The van der Waals surface area contributed by atoms with Gasteiger partial charge in [-0.25, -0.2) is 4.57 Å². The van der Waals surface area contributed by atoms with E-state index in [4.69, 9.17) is 9.05 Å². The van der Waals surface area contributed by atoms with E-state index in [-0.39, 0.29) is 19.1 Å². The number of unbranched alkanes of at least 4 members (excludes halogenated alkanes) is 54. The molecule has 0 saturated carbocycles. The van der Waals surface area contributed by atoms with Gasteiger partial charge in [0.05, 0.1) is 39.9 Å². The van der Waals surface area contributed by atoms with E-state index in [9.17, 15) is 19.4 Å². The molecular weight excluding hydrogens is 1070 g/mol. The molecule has 8 nitrogen and oxygen atoms in total. The Morgan fingerprint density at radius 1 is 0.388 bits per heavy atom. The third kappa shape index (κ3) is 70.0. The summed E-state index contributed by atoms with van der Waals surface area (Å²) < 4.78 is 23.8. The Kier molecular flexibility index (Phi) is 66.1. The minimum Gasteiger partial charge on any atom is -0.387 e. The highest BCUT2D eigenvalue weighted by Gasteiger charge is 2.28. The highest BCUT2D eigenvalue weighted by molar-refractivity contribution is 7.47. The Morgan fingerprint density at radius 2 is 0.647 bits per heavy atom. The number of hydrogen-bond acceptors (Lipinski definition) is 5. The van der Waals surface area contributed by atoms with E-state index < -0.39 is 20.0 Å². The Bertz CT molecular complexity index is 1480. The summed E-state index contributed by atoms with van der Waals surface area (Å²) in [6.45, 7) is 4.85. The van der Waals surface area contributed by atoms with Crippen molar-refractivity contribution in [2.45, 2.75) is 405 Å². The van der Waals surface area contributed by atoms with Crippen molar-refractivity contribution in [3.63, 3.8) is 0 Å². The van der Waals surface area contributed by atoms with Gasteiger partial charge in [-0.3, -0.25) is 13.8 Å². The SMILES string of the molecule is CCCCCCCCCCCCCCCCCC/C=C/CC/C=C/CC/C=C/C(O)C(COP(=O)(O)OCC[N+](C)(C)C)NC(=O)CCCCCCCCCCCCCCCCCCCCCCCCCCCCCCCCCCCCCCC. The average molecular weight is 1220 g/mol. The quantitative estimate of drug-likeness (QED) is 0.0243. The summed E-state index contributed by atoms with van der Waals surface area (Å²) in [6.07, 6.45) is 90.5. The molecule has 0 heterocycles. The molecule has 0 aromatic rings. The fraction of sp³-hybridized carbons (Fsp3) is 0.908. The van der Waals surface area contributed by atoms with Crippen LogP contribution in [0.25, 0.3) is 0 Å². The minimum atomic E-state index is -4.37. The number of hydrogen-bond donors (Lipinski definition) is 3. The number of quaternary nitrogens is 1. The van der Waals surface area contributed by atoms with Gasteiger partial charge in [0.1, 0.15) is 13.2 Å². The van der Waals surface area contributed by atoms with Crippen LogP contribution in [0.4, 0.5) is 0 Å². The molecule has 1 amide bonds. The van der Waals surface area contributed by atoms with Crippen LogP contribution in [-0.2, 0) is 18.4 Å². The van der Waals surface area contributed by atoms with Gasteiger partial charge in [0.15, 0.2) is 0 Å². The normalized spacial score (nSPS) is 13.7. The van der Waals surface area contributed by atoms with E-state index in [1.165, 1.54) is 327 Å². The smallest absolute Gasteiger partial charge is 0.387 e. The Balaban J connectivity index is 3.99. The number of likely N-dealkylation sites (N-methyl/N-ethyl adjacent to an activating group) is 1. The molecule has 3 unspecified atom stereocenters. The van der Waals surface area contributed by atoms with Crippen LogP contribution in [0.2, 0.25) is 0 Å². The maximum Gasteiger partial charge on any atom is 0.472 e. The number of aliphatic hydroxyl groups excluding tert-OH is 1. The lowest BCUT2D eigenvalue weighted by Crippen LogP contribution is -2.45. The number of rotatable bonds is 71. The molecule has 3 atom stereocenters. The highest BCUT2D eigenvalue weighted by Crippen LogP contribution is 2.43. The van der Waals surface area contributed by atoms with Gasteiger partial charge in [0, 0.05) is 6.42 Å². The van der Waals surface area contributed by atoms with Crippen molar-refractivity contribution in [3.05, 3.63) is 36.5 Å². The zero-order chi connectivity index (χ0) is 61.9. The molecule has 0 aromatic carbocycles. The Morgan fingerprint density at radius 3 is 0.941 bits per heavy atom. The minimum absolute atomic E-state index is 0.0555. The summed E-state index contributed by atoms with van der Waals surface area (Å²) >= 11 is 0. The van der Waals surface area contributed by atoms with Crippen LogP contribution in [0, 0.1) is 0 Å². The molecule has 504 valence electrons. The first-order valence-corrected chi connectivity index (χ1v) is 39.4. The van der Waals surface area contributed by atoms with E-state index in [0.717, 1.165) is 44.9 Å². The first kappa shape index (κ1) is 83.7. The summed E-state index contributed by atoms with van der Waals surface area (Å²) in [6, 6.07) is -0.870. The molecule has 0 radical (unpaired) electrons. The number of amides is 1. The molecule has 9 heteroatoms. The van der Waals surface area contributed by atoms with Gasteiger partial charge in [-0.2, -0.15) is 0 Å². The molecule has 0 aliphatic rings. The molecule has 0 aliphatic carbocycles. The number of phosphoric acid groups is 1. The second kappa shape index (κ2) is 67.1. The summed E-state index contributed by atoms with van der Waals surface area (Å²) in [5, 5.41) is 14.0. The number of carbonyl (C=O) groups is 1. The largest absolute Gasteiger partial charge is 0.472 e. The van der Waals surface area contributed by atoms with Crippen molar-refractivity contribution >= 4 is 13.7 Å². The standard InChI is InChI=1S/C76H149N2O6P/c1-6-8-10-12-14-16-18-20-22-24-26-28-30-32-34-35-36-37-38-39-40-41-42-43-44-46-48-50-52-54-56-58-60-62-64-66-68-70-76(80)77-74(73-84-85(81,82)83-72-71-78(3,4)5)75(79)69-67-65-63-61-59-57-55-53-51-49-47-45-33-31-29-27-25-23-21-19-17-15-13-11-9-7-2/h51,53,59,61,67,69,74-75,79H,6-50,52,54-58,60,62-66,68,70-73H2,1-5H3,(H-,77,80,81,82)/p+1/b53-51+,61-59+,69-67+. The summed E-state index contributed by atoms with van der Waals surface area (Å²) in [5.74, 6) is -0.182. The lowest BCUT2D eigenvalue weighted by atomic mass is 10.0. The molecule has 0 saturated heterocycles. The maximum atomic E-state index is 13.1. The van der Waals surface area contributed by atoms with Crippen molar-refractivity contribution in [1.29, 1.82) is 0 Å². The highest BCUT2D eigenvalue weighted by atomic mass is 31.2. The summed E-state index contributed by atoms with van der Waals surface area (Å²) in [5.41, 5.74) is 0. The number of phosphoric ester groups is 1. The number of aliphatic hydroxyl groups is 1. The molecule has 0 aliphatic heterocycles. The predicted octanol–water partition coefficient (Wildman–Crippen LogP) is 24.4. The van der Waals surface area contributed by atoms with Gasteiger partial charge in [-0.05, 0) is 44.9 Å². The molecule has 0 aromatic heterocycles. The van der Waals surface area contributed by atoms with Crippen molar-refractivity contribution in [1.82, 2.24) is 5.32 Å². The zero-order valence-corrected chi connectivity index (χ0v) is 58.8. The third-order valence-electron chi connectivity index (χ3n) is 17.6. The van der Waals surface area contributed by atoms with Gasteiger partial charge in [0.2, 0.25) is 5.91 Å².